The maximum Gasteiger partial charge on any atom is 0.0634 e. The van der Waals surface area contributed by atoms with Crippen molar-refractivity contribution in [1.82, 2.24) is 0 Å². The van der Waals surface area contributed by atoms with Crippen molar-refractivity contribution in [3.63, 3.8) is 0 Å². The number of ether oxygens (including phenoxy) is 1. The summed E-state index contributed by atoms with van der Waals surface area (Å²) in [6.45, 7) is 17.6. The minimum Gasteiger partial charge on any atom is -0.376 e. The molecule has 0 bridgehead atoms. The lowest BCUT2D eigenvalue weighted by Crippen LogP contribution is -2.32. The first kappa shape index (κ1) is 12.7. The van der Waals surface area contributed by atoms with Crippen LogP contribution in [0.1, 0.15) is 48.0 Å². The Balaban J connectivity index is 4.33. The fraction of sp³-hybridized carbons (Fsp3) is 0.833. The number of hydrogen-bond donors (Lipinski definition) is 0. The van der Waals surface area contributed by atoms with Gasteiger partial charge in [0, 0.05) is 6.61 Å². The summed E-state index contributed by atoms with van der Waals surface area (Å²) in [6.07, 6.45) is 1.02. The van der Waals surface area contributed by atoms with Crippen LogP contribution in [0.25, 0.3) is 0 Å². The number of rotatable bonds is 5. The van der Waals surface area contributed by atoms with E-state index in [-0.39, 0.29) is 11.0 Å². The van der Waals surface area contributed by atoms with Crippen molar-refractivity contribution in [2.75, 3.05) is 6.61 Å². The molecule has 0 rings (SSSR count). The summed E-state index contributed by atoms with van der Waals surface area (Å²) in [5, 5.41) is 0. The van der Waals surface area contributed by atoms with E-state index in [2.05, 4.69) is 41.2 Å². The van der Waals surface area contributed by atoms with E-state index in [1.54, 1.807) is 0 Å². The van der Waals surface area contributed by atoms with Crippen molar-refractivity contribution < 1.29 is 4.74 Å². The summed E-state index contributed by atoms with van der Waals surface area (Å²) >= 11 is 0. The molecule has 0 aliphatic heterocycles. The molecule has 78 valence electrons. The Kier molecular flexibility index (Phi) is 4.18. The SMILES string of the molecule is C=C(C)C(C)(C)CC(C)(C)OCC. The molecule has 0 aromatic rings. The summed E-state index contributed by atoms with van der Waals surface area (Å²) < 4.78 is 5.67. The summed E-state index contributed by atoms with van der Waals surface area (Å²) in [6, 6.07) is 0. The molecule has 0 unspecified atom stereocenters. The minimum absolute atomic E-state index is 0.0444. The third-order valence-electron chi connectivity index (χ3n) is 2.56. The Morgan fingerprint density at radius 2 is 1.69 bits per heavy atom. The van der Waals surface area contributed by atoms with Gasteiger partial charge in [-0.2, -0.15) is 0 Å². The predicted molar refractivity (Wildman–Crippen MR) is 58.9 cm³/mol. The fourth-order valence-corrected chi connectivity index (χ4v) is 1.66. The van der Waals surface area contributed by atoms with Gasteiger partial charge in [0.05, 0.1) is 5.60 Å². The van der Waals surface area contributed by atoms with Crippen molar-refractivity contribution >= 4 is 0 Å². The highest BCUT2D eigenvalue weighted by atomic mass is 16.5. The largest absolute Gasteiger partial charge is 0.376 e. The first-order valence-corrected chi connectivity index (χ1v) is 5.01. The van der Waals surface area contributed by atoms with Crippen LogP contribution < -0.4 is 0 Å². The fourth-order valence-electron chi connectivity index (χ4n) is 1.66. The quantitative estimate of drug-likeness (QED) is 0.591. The molecular formula is C12H24O. The number of allylic oxidation sites excluding steroid dienone is 1. The Morgan fingerprint density at radius 3 is 2.00 bits per heavy atom. The van der Waals surface area contributed by atoms with E-state index >= 15 is 0 Å². The maximum atomic E-state index is 5.67. The van der Waals surface area contributed by atoms with Crippen molar-refractivity contribution in [3.8, 4) is 0 Å². The second kappa shape index (κ2) is 4.28. The predicted octanol–water partition coefficient (Wildman–Crippen LogP) is 3.79. The molecule has 0 amide bonds. The van der Waals surface area contributed by atoms with Crippen LogP contribution in [-0.2, 0) is 4.74 Å². The third-order valence-corrected chi connectivity index (χ3v) is 2.56. The second-order valence-corrected chi connectivity index (χ2v) is 5.03. The zero-order valence-electron chi connectivity index (χ0n) is 10.0. The second-order valence-electron chi connectivity index (χ2n) is 5.03. The van der Waals surface area contributed by atoms with Gasteiger partial charge in [-0.25, -0.2) is 0 Å². The monoisotopic (exact) mass is 184 g/mol. The van der Waals surface area contributed by atoms with E-state index in [1.807, 2.05) is 6.92 Å². The van der Waals surface area contributed by atoms with Crippen LogP contribution in [0.4, 0.5) is 0 Å². The molecule has 0 N–H and O–H groups in total. The smallest absolute Gasteiger partial charge is 0.0634 e. The molecule has 0 saturated carbocycles. The van der Waals surface area contributed by atoms with Gasteiger partial charge in [-0.15, -0.1) is 0 Å². The highest BCUT2D eigenvalue weighted by Crippen LogP contribution is 2.35. The summed E-state index contributed by atoms with van der Waals surface area (Å²) in [4.78, 5) is 0. The minimum atomic E-state index is -0.0444. The van der Waals surface area contributed by atoms with Crippen LogP contribution in [0.2, 0.25) is 0 Å². The topological polar surface area (TPSA) is 9.23 Å². The van der Waals surface area contributed by atoms with E-state index in [9.17, 15) is 0 Å². The number of hydrogen-bond acceptors (Lipinski definition) is 1. The van der Waals surface area contributed by atoms with Gasteiger partial charge in [-0.1, -0.05) is 26.0 Å². The lowest BCUT2D eigenvalue weighted by Gasteiger charge is -2.35. The molecule has 1 heteroatoms. The molecule has 0 spiro atoms. The lowest BCUT2D eigenvalue weighted by molar-refractivity contribution is -0.0342. The first-order chi connectivity index (χ1) is 5.71. The van der Waals surface area contributed by atoms with Crippen LogP contribution in [-0.4, -0.2) is 12.2 Å². The van der Waals surface area contributed by atoms with Crippen molar-refractivity contribution in [1.29, 1.82) is 0 Å². The van der Waals surface area contributed by atoms with E-state index in [0.717, 1.165) is 13.0 Å². The maximum absolute atomic E-state index is 5.67. The third kappa shape index (κ3) is 4.47. The standard InChI is InChI=1S/C12H24O/c1-8-13-12(6,7)9-11(4,5)10(2)3/h2,8-9H2,1,3-7H3. The summed E-state index contributed by atoms with van der Waals surface area (Å²) in [5.41, 5.74) is 1.34. The Bertz CT molecular complexity index is 178. The van der Waals surface area contributed by atoms with Crippen molar-refractivity contribution in [3.05, 3.63) is 12.2 Å². The molecule has 0 saturated heterocycles. The van der Waals surface area contributed by atoms with Gasteiger partial charge in [0.1, 0.15) is 0 Å². The van der Waals surface area contributed by atoms with Crippen LogP contribution >= 0.6 is 0 Å². The summed E-state index contributed by atoms with van der Waals surface area (Å²) in [5.74, 6) is 0. The van der Waals surface area contributed by atoms with Gasteiger partial charge < -0.3 is 4.74 Å². The van der Waals surface area contributed by atoms with Crippen molar-refractivity contribution in [2.24, 2.45) is 5.41 Å². The highest BCUT2D eigenvalue weighted by Gasteiger charge is 2.29. The lowest BCUT2D eigenvalue weighted by atomic mass is 9.77. The zero-order valence-corrected chi connectivity index (χ0v) is 10.0. The Hall–Kier alpha value is -0.300. The molecule has 13 heavy (non-hydrogen) atoms. The van der Waals surface area contributed by atoms with Gasteiger partial charge in [0.15, 0.2) is 0 Å². The zero-order chi connectivity index (χ0) is 10.7. The molecular weight excluding hydrogens is 160 g/mol. The Labute approximate surface area is 83.2 Å². The highest BCUT2D eigenvalue weighted by molar-refractivity contribution is 5.05. The Morgan fingerprint density at radius 1 is 1.23 bits per heavy atom. The van der Waals surface area contributed by atoms with Crippen LogP contribution in [0.15, 0.2) is 12.2 Å². The summed E-state index contributed by atoms with van der Waals surface area (Å²) in [7, 11) is 0. The normalized spacial score (nSPS) is 13.1. The van der Waals surface area contributed by atoms with E-state index in [4.69, 9.17) is 4.74 Å². The average molecular weight is 184 g/mol. The van der Waals surface area contributed by atoms with Gasteiger partial charge in [0.25, 0.3) is 0 Å². The van der Waals surface area contributed by atoms with Gasteiger partial charge in [-0.05, 0) is 39.5 Å². The molecule has 1 nitrogen and oxygen atoms in total. The van der Waals surface area contributed by atoms with Gasteiger partial charge in [-0.3, -0.25) is 0 Å². The van der Waals surface area contributed by atoms with Crippen LogP contribution in [0, 0.1) is 5.41 Å². The van der Waals surface area contributed by atoms with E-state index in [1.165, 1.54) is 5.57 Å². The molecule has 0 aromatic carbocycles. The molecule has 0 atom stereocenters. The van der Waals surface area contributed by atoms with Gasteiger partial charge in [0.2, 0.25) is 0 Å². The van der Waals surface area contributed by atoms with E-state index in [0.29, 0.717) is 0 Å². The molecule has 0 aromatic heterocycles. The van der Waals surface area contributed by atoms with Crippen LogP contribution in [0.5, 0.6) is 0 Å². The van der Waals surface area contributed by atoms with Crippen molar-refractivity contribution in [2.45, 2.75) is 53.6 Å². The van der Waals surface area contributed by atoms with E-state index < -0.39 is 0 Å². The molecule has 0 aliphatic carbocycles. The molecule has 0 fully saturated rings. The first-order valence-electron chi connectivity index (χ1n) is 5.01. The molecule has 0 radical (unpaired) electrons. The van der Waals surface area contributed by atoms with Gasteiger partial charge >= 0.3 is 0 Å². The average Bonchev–Trinajstić information content (AvgIpc) is 1.83. The molecule has 0 aliphatic rings. The molecule has 0 heterocycles. The van der Waals surface area contributed by atoms with Crippen LogP contribution in [0.3, 0.4) is 0 Å².